The number of carbonyl (C=O) groups excluding carboxylic acids is 2. The van der Waals surface area contributed by atoms with Crippen molar-refractivity contribution >= 4 is 35.1 Å². The SMILES string of the molecule is O=C([O-])CCNC(=O)COc1cc(Cl)ccc1Cl. The zero-order valence-electron chi connectivity index (χ0n) is 9.24. The fourth-order valence-electron chi connectivity index (χ4n) is 1.09. The normalized spacial score (nSPS) is 9.89. The number of nitrogens with one attached hydrogen (secondary N) is 1. The Morgan fingerprint density at radius 3 is 2.72 bits per heavy atom. The summed E-state index contributed by atoms with van der Waals surface area (Å²) < 4.78 is 5.15. The van der Waals surface area contributed by atoms with Gasteiger partial charge in [-0.05, 0) is 12.1 Å². The van der Waals surface area contributed by atoms with E-state index in [1.807, 2.05) is 0 Å². The van der Waals surface area contributed by atoms with Gasteiger partial charge in [-0.3, -0.25) is 4.79 Å². The first-order valence-electron chi connectivity index (χ1n) is 5.03. The molecule has 5 nitrogen and oxygen atoms in total. The zero-order valence-corrected chi connectivity index (χ0v) is 10.8. The van der Waals surface area contributed by atoms with E-state index in [1.54, 1.807) is 12.1 Å². The average molecular weight is 291 g/mol. The standard InChI is InChI=1S/C11H11Cl2NO4/c12-7-1-2-8(13)9(5-7)18-6-10(15)14-4-3-11(16)17/h1-2,5H,3-4,6H2,(H,14,15)(H,16,17)/p-1. The molecule has 7 heteroatoms. The molecule has 1 rings (SSSR count). The number of rotatable bonds is 6. The van der Waals surface area contributed by atoms with Crippen LogP contribution >= 0.6 is 23.2 Å². The van der Waals surface area contributed by atoms with Crippen LogP contribution in [0.5, 0.6) is 5.75 Å². The van der Waals surface area contributed by atoms with Crippen molar-refractivity contribution in [2.24, 2.45) is 0 Å². The Bertz CT molecular complexity index is 451. The van der Waals surface area contributed by atoms with Gasteiger partial charge in [-0.15, -0.1) is 0 Å². The van der Waals surface area contributed by atoms with E-state index in [9.17, 15) is 14.7 Å². The third-order valence-corrected chi connectivity index (χ3v) is 2.45. The lowest BCUT2D eigenvalue weighted by Gasteiger charge is -2.09. The van der Waals surface area contributed by atoms with Gasteiger partial charge in [0.05, 0.1) is 5.02 Å². The van der Waals surface area contributed by atoms with Crippen LogP contribution in [0.25, 0.3) is 0 Å². The van der Waals surface area contributed by atoms with Crippen LogP contribution in [0, 0.1) is 0 Å². The Hall–Kier alpha value is -1.46. The van der Waals surface area contributed by atoms with E-state index in [4.69, 9.17) is 27.9 Å². The van der Waals surface area contributed by atoms with Crippen LogP contribution in [0.2, 0.25) is 10.0 Å². The van der Waals surface area contributed by atoms with Gasteiger partial charge >= 0.3 is 0 Å². The summed E-state index contributed by atoms with van der Waals surface area (Å²) in [5.41, 5.74) is 0. The molecule has 1 N–H and O–H groups in total. The number of halogens is 2. The third kappa shape index (κ3) is 5.25. The lowest BCUT2D eigenvalue weighted by atomic mass is 10.3. The van der Waals surface area contributed by atoms with Crippen molar-refractivity contribution in [1.29, 1.82) is 0 Å². The Morgan fingerprint density at radius 1 is 1.33 bits per heavy atom. The molecule has 0 spiro atoms. The maximum atomic E-state index is 11.3. The number of carboxylic acids is 1. The van der Waals surface area contributed by atoms with Crippen molar-refractivity contribution in [3.63, 3.8) is 0 Å². The summed E-state index contributed by atoms with van der Waals surface area (Å²) in [6.07, 6.45) is -0.246. The molecule has 1 aromatic carbocycles. The van der Waals surface area contributed by atoms with E-state index in [0.29, 0.717) is 15.8 Å². The summed E-state index contributed by atoms with van der Waals surface area (Å²) in [6.45, 7) is -0.277. The smallest absolute Gasteiger partial charge is 0.257 e. The molecule has 0 fully saturated rings. The molecule has 1 amide bonds. The molecule has 0 bridgehead atoms. The molecule has 0 aliphatic carbocycles. The molecule has 98 valence electrons. The number of benzene rings is 1. The van der Waals surface area contributed by atoms with Gasteiger partial charge in [-0.2, -0.15) is 0 Å². The Balaban J connectivity index is 2.38. The van der Waals surface area contributed by atoms with Gasteiger partial charge in [0.15, 0.2) is 6.61 Å². The summed E-state index contributed by atoms with van der Waals surface area (Å²) in [6, 6.07) is 4.63. The number of amides is 1. The van der Waals surface area contributed by atoms with Crippen LogP contribution < -0.4 is 15.2 Å². The van der Waals surface area contributed by atoms with Crippen molar-refractivity contribution < 1.29 is 19.4 Å². The minimum absolute atomic E-state index is 0.00615. The quantitative estimate of drug-likeness (QED) is 0.833. The number of carbonyl (C=O) groups is 2. The van der Waals surface area contributed by atoms with Gasteiger partial charge in [0.25, 0.3) is 5.91 Å². The fourth-order valence-corrected chi connectivity index (χ4v) is 1.42. The summed E-state index contributed by atoms with van der Waals surface area (Å²) >= 11 is 11.6. The molecule has 1 aromatic rings. The summed E-state index contributed by atoms with van der Waals surface area (Å²) in [7, 11) is 0. The molecule has 0 aliphatic heterocycles. The van der Waals surface area contributed by atoms with Crippen molar-refractivity contribution in [3.05, 3.63) is 28.2 Å². The van der Waals surface area contributed by atoms with Crippen molar-refractivity contribution in [2.45, 2.75) is 6.42 Å². The molecule has 0 saturated carbocycles. The van der Waals surface area contributed by atoms with E-state index >= 15 is 0 Å². The molecule has 0 atom stereocenters. The van der Waals surface area contributed by atoms with Crippen molar-refractivity contribution in [1.82, 2.24) is 5.32 Å². The second kappa shape index (κ2) is 7.08. The molecule has 0 aromatic heterocycles. The maximum absolute atomic E-state index is 11.3. The highest BCUT2D eigenvalue weighted by Gasteiger charge is 2.06. The summed E-state index contributed by atoms with van der Waals surface area (Å²) in [4.78, 5) is 21.4. The Kier molecular flexibility index (Phi) is 5.74. The maximum Gasteiger partial charge on any atom is 0.257 e. The second-order valence-corrected chi connectivity index (χ2v) is 4.18. The molecule has 0 radical (unpaired) electrons. The largest absolute Gasteiger partial charge is 0.550 e. The molecular weight excluding hydrogens is 281 g/mol. The van der Waals surface area contributed by atoms with Gasteiger partial charge in [0.2, 0.25) is 0 Å². The lowest BCUT2D eigenvalue weighted by molar-refractivity contribution is -0.305. The van der Waals surface area contributed by atoms with Crippen molar-refractivity contribution in [3.8, 4) is 5.75 Å². The van der Waals surface area contributed by atoms with E-state index in [0.717, 1.165) is 0 Å². The van der Waals surface area contributed by atoms with E-state index in [-0.39, 0.29) is 19.6 Å². The summed E-state index contributed by atoms with van der Waals surface area (Å²) in [5, 5.41) is 13.2. The van der Waals surface area contributed by atoms with E-state index < -0.39 is 11.9 Å². The first kappa shape index (κ1) is 14.6. The van der Waals surface area contributed by atoms with Crippen LogP contribution in [0.15, 0.2) is 18.2 Å². The van der Waals surface area contributed by atoms with Gasteiger partial charge in [0.1, 0.15) is 5.75 Å². The fraction of sp³-hybridized carbons (Fsp3) is 0.273. The van der Waals surface area contributed by atoms with Crippen LogP contribution in [0.1, 0.15) is 6.42 Å². The van der Waals surface area contributed by atoms with Gasteiger partial charge in [-0.25, -0.2) is 0 Å². The van der Waals surface area contributed by atoms with Gasteiger partial charge in [0, 0.05) is 30.0 Å². The number of ether oxygens (including phenoxy) is 1. The summed E-state index contributed by atoms with van der Waals surface area (Å²) in [5.74, 6) is -1.39. The van der Waals surface area contributed by atoms with Crippen LogP contribution in [0.4, 0.5) is 0 Å². The van der Waals surface area contributed by atoms with E-state index in [2.05, 4.69) is 5.32 Å². The molecular formula is C11H10Cl2NO4-. The lowest BCUT2D eigenvalue weighted by Crippen LogP contribution is -2.33. The molecule has 0 heterocycles. The number of hydrogen-bond acceptors (Lipinski definition) is 4. The number of hydrogen-bond donors (Lipinski definition) is 1. The van der Waals surface area contributed by atoms with Crippen molar-refractivity contribution in [2.75, 3.05) is 13.2 Å². The predicted molar refractivity (Wildman–Crippen MR) is 64.6 cm³/mol. The van der Waals surface area contributed by atoms with Crippen LogP contribution in [-0.4, -0.2) is 25.0 Å². The minimum Gasteiger partial charge on any atom is -0.550 e. The number of carboxylic acid groups (broad SMARTS) is 1. The van der Waals surface area contributed by atoms with Gasteiger partial charge < -0.3 is 20.0 Å². The third-order valence-electron chi connectivity index (χ3n) is 1.90. The molecule has 0 saturated heterocycles. The average Bonchev–Trinajstić information content (AvgIpc) is 2.30. The highest BCUT2D eigenvalue weighted by Crippen LogP contribution is 2.27. The Labute approximate surface area is 114 Å². The Morgan fingerprint density at radius 2 is 2.06 bits per heavy atom. The second-order valence-electron chi connectivity index (χ2n) is 3.34. The monoisotopic (exact) mass is 290 g/mol. The predicted octanol–water partition coefficient (Wildman–Crippen LogP) is 0.628. The molecule has 0 unspecified atom stereocenters. The van der Waals surface area contributed by atoms with Crippen LogP contribution in [0.3, 0.4) is 0 Å². The molecule has 0 aliphatic rings. The zero-order chi connectivity index (χ0) is 13.5. The van der Waals surface area contributed by atoms with Crippen LogP contribution in [-0.2, 0) is 9.59 Å². The highest BCUT2D eigenvalue weighted by molar-refractivity contribution is 6.34. The van der Waals surface area contributed by atoms with Gasteiger partial charge in [-0.1, -0.05) is 23.2 Å². The first-order valence-corrected chi connectivity index (χ1v) is 5.79. The highest BCUT2D eigenvalue weighted by atomic mass is 35.5. The van der Waals surface area contributed by atoms with E-state index in [1.165, 1.54) is 6.07 Å². The molecule has 18 heavy (non-hydrogen) atoms. The first-order chi connectivity index (χ1) is 8.49. The number of aliphatic carboxylic acids is 1. The minimum atomic E-state index is -1.23. The topological polar surface area (TPSA) is 78.5 Å².